The SMILES string of the molecule is CC(CS(C)(=O)=O)NC1CCCC1S(C)(=O)=O. The molecule has 17 heavy (non-hydrogen) atoms. The third kappa shape index (κ3) is 4.93. The number of hydrogen-bond acceptors (Lipinski definition) is 5. The van der Waals surface area contributed by atoms with Gasteiger partial charge in [0.1, 0.15) is 9.84 Å². The summed E-state index contributed by atoms with van der Waals surface area (Å²) in [4.78, 5) is 0. The van der Waals surface area contributed by atoms with E-state index in [0.29, 0.717) is 6.42 Å². The van der Waals surface area contributed by atoms with Crippen LogP contribution in [0, 0.1) is 0 Å². The van der Waals surface area contributed by atoms with Crippen molar-refractivity contribution in [1.29, 1.82) is 0 Å². The highest BCUT2D eigenvalue weighted by Gasteiger charge is 2.35. The Hall–Kier alpha value is -0.140. The lowest BCUT2D eigenvalue weighted by Crippen LogP contribution is -2.46. The number of sulfone groups is 2. The van der Waals surface area contributed by atoms with Crippen LogP contribution in [0.25, 0.3) is 0 Å². The summed E-state index contributed by atoms with van der Waals surface area (Å²) < 4.78 is 45.4. The topological polar surface area (TPSA) is 80.3 Å². The van der Waals surface area contributed by atoms with Crippen molar-refractivity contribution in [1.82, 2.24) is 5.32 Å². The van der Waals surface area contributed by atoms with Crippen molar-refractivity contribution in [3.05, 3.63) is 0 Å². The van der Waals surface area contributed by atoms with Crippen molar-refractivity contribution in [3.63, 3.8) is 0 Å². The summed E-state index contributed by atoms with van der Waals surface area (Å²) in [5.41, 5.74) is 0. The molecule has 0 aromatic carbocycles. The van der Waals surface area contributed by atoms with Crippen molar-refractivity contribution in [2.45, 2.75) is 43.5 Å². The Labute approximate surface area is 104 Å². The molecule has 3 unspecified atom stereocenters. The Morgan fingerprint density at radius 3 is 2.24 bits per heavy atom. The standard InChI is InChI=1S/C10H21NO4S2/c1-8(7-16(2,12)13)11-9-5-4-6-10(9)17(3,14)15/h8-11H,4-7H2,1-3H3. The van der Waals surface area contributed by atoms with Gasteiger partial charge >= 0.3 is 0 Å². The van der Waals surface area contributed by atoms with Crippen molar-refractivity contribution in [2.75, 3.05) is 18.3 Å². The molecule has 0 saturated heterocycles. The molecule has 1 aliphatic carbocycles. The molecule has 0 heterocycles. The van der Waals surface area contributed by atoms with Crippen molar-refractivity contribution < 1.29 is 16.8 Å². The van der Waals surface area contributed by atoms with Gasteiger partial charge in [0, 0.05) is 24.6 Å². The van der Waals surface area contributed by atoms with Gasteiger partial charge in [-0.15, -0.1) is 0 Å². The molecule has 0 aromatic heterocycles. The normalized spacial score (nSPS) is 28.2. The molecule has 1 rings (SSSR count). The molecule has 5 nitrogen and oxygen atoms in total. The third-order valence-electron chi connectivity index (χ3n) is 3.05. The number of nitrogens with one attached hydrogen (secondary N) is 1. The van der Waals surface area contributed by atoms with Gasteiger partial charge in [-0.25, -0.2) is 16.8 Å². The van der Waals surface area contributed by atoms with E-state index in [1.807, 2.05) is 0 Å². The lowest BCUT2D eigenvalue weighted by Gasteiger charge is -2.23. The quantitative estimate of drug-likeness (QED) is 0.766. The van der Waals surface area contributed by atoms with E-state index < -0.39 is 19.7 Å². The van der Waals surface area contributed by atoms with Gasteiger partial charge in [-0.3, -0.25) is 0 Å². The molecule has 0 aliphatic heterocycles. The van der Waals surface area contributed by atoms with E-state index in [4.69, 9.17) is 0 Å². The Morgan fingerprint density at radius 2 is 1.76 bits per heavy atom. The van der Waals surface area contributed by atoms with Gasteiger partial charge in [-0.05, 0) is 19.8 Å². The number of hydrogen-bond donors (Lipinski definition) is 1. The highest BCUT2D eigenvalue weighted by atomic mass is 32.2. The highest BCUT2D eigenvalue weighted by molar-refractivity contribution is 7.91. The summed E-state index contributed by atoms with van der Waals surface area (Å²) in [5.74, 6) is 0.0416. The van der Waals surface area contributed by atoms with Gasteiger partial charge in [-0.1, -0.05) is 6.42 Å². The summed E-state index contributed by atoms with van der Waals surface area (Å²) in [5, 5.41) is 2.76. The predicted molar refractivity (Wildman–Crippen MR) is 68.6 cm³/mol. The Kier molecular flexibility index (Phi) is 4.60. The summed E-state index contributed by atoms with van der Waals surface area (Å²) in [6, 6.07) is -0.320. The van der Waals surface area contributed by atoms with Crippen LogP contribution in [0.1, 0.15) is 26.2 Å². The first-order valence-electron chi connectivity index (χ1n) is 5.72. The molecular formula is C10H21NO4S2. The molecule has 1 fully saturated rings. The van der Waals surface area contributed by atoms with E-state index in [0.717, 1.165) is 12.8 Å². The zero-order valence-corrected chi connectivity index (χ0v) is 12.1. The second-order valence-corrected chi connectivity index (χ2v) is 9.51. The minimum Gasteiger partial charge on any atom is -0.309 e. The highest BCUT2D eigenvalue weighted by Crippen LogP contribution is 2.25. The second kappa shape index (κ2) is 5.24. The summed E-state index contributed by atoms with van der Waals surface area (Å²) in [7, 11) is -6.08. The lowest BCUT2D eigenvalue weighted by molar-refractivity contribution is 0.463. The smallest absolute Gasteiger partial charge is 0.151 e. The maximum atomic E-state index is 11.6. The molecule has 1 saturated carbocycles. The van der Waals surface area contributed by atoms with Gasteiger partial charge < -0.3 is 5.32 Å². The van der Waals surface area contributed by atoms with Crippen LogP contribution in [-0.4, -0.2) is 52.4 Å². The summed E-state index contributed by atoms with van der Waals surface area (Å²) >= 11 is 0. The van der Waals surface area contributed by atoms with E-state index in [2.05, 4.69) is 5.32 Å². The van der Waals surface area contributed by atoms with E-state index in [1.54, 1.807) is 6.92 Å². The largest absolute Gasteiger partial charge is 0.309 e. The Balaban J connectivity index is 2.63. The van der Waals surface area contributed by atoms with Gasteiger partial charge in [0.15, 0.2) is 9.84 Å². The third-order valence-corrected chi connectivity index (χ3v) is 5.82. The van der Waals surface area contributed by atoms with Crippen LogP contribution in [0.3, 0.4) is 0 Å². The predicted octanol–water partition coefficient (Wildman–Crippen LogP) is -0.0252. The molecule has 1 N–H and O–H groups in total. The van der Waals surface area contributed by atoms with Crippen LogP contribution >= 0.6 is 0 Å². The van der Waals surface area contributed by atoms with Crippen molar-refractivity contribution in [2.24, 2.45) is 0 Å². The zero-order chi connectivity index (χ0) is 13.3. The zero-order valence-electron chi connectivity index (χ0n) is 10.5. The van der Waals surface area contributed by atoms with Crippen LogP contribution in [0.2, 0.25) is 0 Å². The number of rotatable bonds is 5. The Bertz CT molecular complexity index is 455. The molecular weight excluding hydrogens is 262 g/mol. The Morgan fingerprint density at radius 1 is 1.18 bits per heavy atom. The summed E-state index contributed by atoms with van der Waals surface area (Å²) in [6.45, 7) is 1.78. The average molecular weight is 283 g/mol. The van der Waals surface area contributed by atoms with Gasteiger partial charge in [0.05, 0.1) is 11.0 Å². The first kappa shape index (κ1) is 14.9. The molecule has 1 aliphatic rings. The minimum absolute atomic E-state index is 0.0416. The lowest BCUT2D eigenvalue weighted by atomic mass is 10.2. The van der Waals surface area contributed by atoms with E-state index in [-0.39, 0.29) is 23.1 Å². The van der Waals surface area contributed by atoms with E-state index in [9.17, 15) is 16.8 Å². The first-order valence-corrected chi connectivity index (χ1v) is 9.74. The second-order valence-electron chi connectivity index (χ2n) is 5.07. The van der Waals surface area contributed by atoms with Crippen LogP contribution in [0.5, 0.6) is 0 Å². The monoisotopic (exact) mass is 283 g/mol. The molecule has 0 bridgehead atoms. The van der Waals surface area contributed by atoms with Crippen LogP contribution in [0.15, 0.2) is 0 Å². The van der Waals surface area contributed by atoms with E-state index >= 15 is 0 Å². The van der Waals surface area contributed by atoms with Crippen LogP contribution in [0.4, 0.5) is 0 Å². The minimum atomic E-state index is -3.05. The van der Waals surface area contributed by atoms with Crippen LogP contribution < -0.4 is 5.32 Å². The molecule has 0 aromatic rings. The summed E-state index contributed by atoms with van der Waals surface area (Å²) in [6.07, 6.45) is 4.78. The molecule has 0 radical (unpaired) electrons. The molecule has 7 heteroatoms. The van der Waals surface area contributed by atoms with Crippen molar-refractivity contribution >= 4 is 19.7 Å². The fourth-order valence-electron chi connectivity index (χ4n) is 2.50. The average Bonchev–Trinajstić information content (AvgIpc) is 2.46. The van der Waals surface area contributed by atoms with Crippen LogP contribution in [-0.2, 0) is 19.7 Å². The fraction of sp³-hybridized carbons (Fsp3) is 1.00. The van der Waals surface area contributed by atoms with Crippen molar-refractivity contribution in [3.8, 4) is 0 Å². The first-order chi connectivity index (χ1) is 7.59. The fourth-order valence-corrected chi connectivity index (χ4v) is 4.91. The van der Waals surface area contributed by atoms with Gasteiger partial charge in [0.25, 0.3) is 0 Å². The molecule has 102 valence electrons. The maximum absolute atomic E-state index is 11.6. The van der Waals surface area contributed by atoms with E-state index in [1.165, 1.54) is 12.5 Å². The molecule has 3 atom stereocenters. The molecule has 0 amide bonds. The van der Waals surface area contributed by atoms with Gasteiger partial charge in [0.2, 0.25) is 0 Å². The molecule has 0 spiro atoms. The maximum Gasteiger partial charge on any atom is 0.151 e. The van der Waals surface area contributed by atoms with Gasteiger partial charge in [-0.2, -0.15) is 0 Å².